The lowest BCUT2D eigenvalue weighted by Gasteiger charge is -2.20. The summed E-state index contributed by atoms with van der Waals surface area (Å²) in [6, 6.07) is -1.53. The van der Waals surface area contributed by atoms with Crippen LogP contribution in [-0.4, -0.2) is 59.9 Å². The van der Waals surface area contributed by atoms with Crippen molar-refractivity contribution < 1.29 is 47.5 Å². The molecule has 0 heterocycles. The Morgan fingerprint density at radius 1 is 0.554 bits per heavy atom. The molecule has 0 rings (SSSR count). The molecule has 11 nitrogen and oxygen atoms in total. The summed E-state index contributed by atoms with van der Waals surface area (Å²) in [5, 5.41) is 8.88. The Morgan fingerprint density at radius 2 is 0.964 bits per heavy atom. The van der Waals surface area contributed by atoms with Crippen LogP contribution in [0.4, 0.5) is 0 Å². The van der Waals surface area contributed by atoms with Crippen LogP contribution in [0.1, 0.15) is 168 Å². The molecule has 3 atom stereocenters. The minimum absolute atomic E-state index is 0.0815. The third-order valence-corrected chi connectivity index (χ3v) is 9.69. The maximum Gasteiger partial charge on any atom is 0.472 e. The highest BCUT2D eigenvalue weighted by Gasteiger charge is 2.28. The number of ether oxygens (including phenoxy) is 2. The third kappa shape index (κ3) is 38.1. The van der Waals surface area contributed by atoms with Gasteiger partial charge in [-0.05, 0) is 77.0 Å². The van der Waals surface area contributed by atoms with E-state index in [9.17, 15) is 23.8 Å². The molecule has 0 aliphatic rings. The van der Waals surface area contributed by atoms with Crippen molar-refractivity contribution in [2.24, 2.45) is 5.73 Å². The van der Waals surface area contributed by atoms with Crippen LogP contribution < -0.4 is 5.73 Å². The van der Waals surface area contributed by atoms with E-state index in [1.807, 2.05) is 12.2 Å². The van der Waals surface area contributed by atoms with Crippen molar-refractivity contribution >= 4 is 25.7 Å². The van der Waals surface area contributed by atoms with Crippen molar-refractivity contribution in [3.05, 3.63) is 60.8 Å². The van der Waals surface area contributed by atoms with E-state index in [4.69, 9.17) is 24.8 Å². The lowest BCUT2D eigenvalue weighted by atomic mass is 10.1. The number of allylic oxidation sites excluding steroid dienone is 10. The molecule has 0 aromatic rings. The van der Waals surface area contributed by atoms with Crippen molar-refractivity contribution in [3.8, 4) is 0 Å². The summed E-state index contributed by atoms with van der Waals surface area (Å²) in [6.45, 7) is 2.69. The Kier molecular flexibility index (Phi) is 37.1. The number of carboxylic acid groups (broad SMARTS) is 1. The number of aliphatic carboxylic acids is 1. The predicted molar refractivity (Wildman–Crippen MR) is 226 cm³/mol. The lowest BCUT2D eigenvalue weighted by molar-refractivity contribution is -0.161. The number of carboxylic acids is 1. The molecular formula is C44H76NO10P. The Balaban J connectivity index is 4.50. The molecule has 0 spiro atoms. The second-order valence-corrected chi connectivity index (χ2v) is 15.6. The third-order valence-electron chi connectivity index (χ3n) is 8.74. The summed E-state index contributed by atoms with van der Waals surface area (Å²) in [5.41, 5.74) is 5.32. The van der Waals surface area contributed by atoms with Gasteiger partial charge in [0, 0.05) is 12.8 Å². The summed E-state index contributed by atoms with van der Waals surface area (Å²) >= 11 is 0. The van der Waals surface area contributed by atoms with Crippen LogP contribution in [0.15, 0.2) is 60.8 Å². The zero-order valence-electron chi connectivity index (χ0n) is 34.7. The van der Waals surface area contributed by atoms with E-state index >= 15 is 0 Å². The van der Waals surface area contributed by atoms with Crippen molar-refractivity contribution in [1.29, 1.82) is 0 Å². The summed E-state index contributed by atoms with van der Waals surface area (Å²) in [6.07, 6.45) is 44.3. The highest BCUT2D eigenvalue weighted by Crippen LogP contribution is 2.43. The van der Waals surface area contributed by atoms with Gasteiger partial charge in [0.2, 0.25) is 0 Å². The summed E-state index contributed by atoms with van der Waals surface area (Å²) in [5.74, 6) is -2.47. The smallest absolute Gasteiger partial charge is 0.472 e. The first-order valence-electron chi connectivity index (χ1n) is 21.3. The van der Waals surface area contributed by atoms with Gasteiger partial charge in [-0.25, -0.2) is 4.57 Å². The molecule has 3 unspecified atom stereocenters. The number of carbonyl (C=O) groups is 3. The minimum Gasteiger partial charge on any atom is -0.480 e. The van der Waals surface area contributed by atoms with E-state index in [0.717, 1.165) is 64.2 Å². The standard InChI is InChI=1S/C44H76NO10P/c1-3-5-7-9-11-13-15-17-19-20-22-24-26-28-30-32-34-36-43(47)55-40(38-53-56(50,51)54-39-41(45)44(48)49)37-52-42(46)35-33-31-29-27-25-23-21-18-16-14-12-10-8-6-4-2/h11,13,17-19,21-22,24,28,30,40-41H,3-10,12,14-16,20,23,25-27,29,31-39,45H2,1-2H3,(H,48,49)(H,50,51). The molecule has 0 fully saturated rings. The van der Waals surface area contributed by atoms with Gasteiger partial charge in [0.1, 0.15) is 12.6 Å². The first-order chi connectivity index (χ1) is 27.1. The van der Waals surface area contributed by atoms with E-state index in [0.29, 0.717) is 19.3 Å². The quantitative estimate of drug-likeness (QED) is 0.0233. The van der Waals surface area contributed by atoms with E-state index in [-0.39, 0.29) is 19.4 Å². The van der Waals surface area contributed by atoms with Gasteiger partial charge in [-0.3, -0.25) is 23.4 Å². The van der Waals surface area contributed by atoms with Crippen molar-refractivity contribution in [1.82, 2.24) is 0 Å². The van der Waals surface area contributed by atoms with E-state index in [1.54, 1.807) is 0 Å². The maximum absolute atomic E-state index is 12.6. The first kappa shape index (κ1) is 53.2. The summed E-state index contributed by atoms with van der Waals surface area (Å²) < 4.78 is 32.6. The highest BCUT2D eigenvalue weighted by molar-refractivity contribution is 7.47. The monoisotopic (exact) mass is 810 g/mol. The van der Waals surface area contributed by atoms with Crippen LogP contribution in [0.3, 0.4) is 0 Å². The zero-order chi connectivity index (χ0) is 41.4. The number of hydrogen-bond donors (Lipinski definition) is 3. The molecule has 0 saturated heterocycles. The molecule has 0 aliphatic heterocycles. The molecule has 0 saturated carbocycles. The van der Waals surface area contributed by atoms with Gasteiger partial charge < -0.3 is 25.2 Å². The van der Waals surface area contributed by atoms with E-state index in [2.05, 4.69) is 67.0 Å². The van der Waals surface area contributed by atoms with E-state index < -0.39 is 51.1 Å². The fraction of sp³-hybridized carbons (Fsp3) is 0.705. The van der Waals surface area contributed by atoms with Gasteiger partial charge in [0.05, 0.1) is 13.2 Å². The molecule has 0 bridgehead atoms. The molecule has 0 aliphatic carbocycles. The Hall–Kier alpha value is -2.82. The molecule has 322 valence electrons. The lowest BCUT2D eigenvalue weighted by Crippen LogP contribution is -2.34. The van der Waals surface area contributed by atoms with Gasteiger partial charge in [0.25, 0.3) is 0 Å². The average Bonchev–Trinajstić information content (AvgIpc) is 3.17. The summed E-state index contributed by atoms with van der Waals surface area (Å²) in [4.78, 5) is 45.9. The number of phosphoric ester groups is 1. The summed E-state index contributed by atoms with van der Waals surface area (Å²) in [7, 11) is -4.73. The number of carbonyl (C=O) groups excluding carboxylic acids is 2. The Labute approximate surface area is 338 Å². The van der Waals surface area contributed by atoms with Gasteiger partial charge >= 0.3 is 25.7 Å². The van der Waals surface area contributed by atoms with Crippen LogP contribution in [-0.2, 0) is 37.5 Å². The fourth-order valence-corrected chi connectivity index (χ4v) is 6.12. The SMILES string of the molecule is CCCCCC=CCC=CCC=CCC=CCCCC(=O)OC(COC(=O)CCCCCCCC=CCCCCCCCC)COP(=O)(O)OCC(N)C(=O)O. The normalized spacial score (nSPS) is 14.4. The van der Waals surface area contributed by atoms with Crippen LogP contribution >= 0.6 is 7.82 Å². The Bertz CT molecular complexity index is 1180. The molecule has 0 radical (unpaired) electrons. The van der Waals surface area contributed by atoms with Crippen LogP contribution in [0, 0.1) is 0 Å². The second-order valence-electron chi connectivity index (χ2n) is 14.1. The minimum atomic E-state index is -4.73. The molecule has 56 heavy (non-hydrogen) atoms. The molecular weight excluding hydrogens is 733 g/mol. The topological polar surface area (TPSA) is 172 Å². The number of hydrogen-bond acceptors (Lipinski definition) is 9. The van der Waals surface area contributed by atoms with Crippen molar-refractivity contribution in [2.45, 2.75) is 180 Å². The maximum atomic E-state index is 12.6. The van der Waals surface area contributed by atoms with Crippen LogP contribution in [0.5, 0.6) is 0 Å². The number of esters is 2. The van der Waals surface area contributed by atoms with Gasteiger partial charge in [-0.1, -0.05) is 139 Å². The van der Waals surface area contributed by atoms with Crippen LogP contribution in [0.2, 0.25) is 0 Å². The predicted octanol–water partition coefficient (Wildman–Crippen LogP) is 11.2. The molecule has 0 aromatic heterocycles. The van der Waals surface area contributed by atoms with Gasteiger partial charge in [-0.15, -0.1) is 0 Å². The van der Waals surface area contributed by atoms with Gasteiger partial charge in [-0.2, -0.15) is 0 Å². The zero-order valence-corrected chi connectivity index (χ0v) is 35.6. The van der Waals surface area contributed by atoms with Crippen molar-refractivity contribution in [3.63, 3.8) is 0 Å². The van der Waals surface area contributed by atoms with Crippen LogP contribution in [0.25, 0.3) is 0 Å². The second kappa shape index (κ2) is 39.0. The number of unbranched alkanes of at least 4 members (excludes halogenated alkanes) is 15. The largest absolute Gasteiger partial charge is 0.480 e. The highest BCUT2D eigenvalue weighted by atomic mass is 31.2. The first-order valence-corrected chi connectivity index (χ1v) is 22.8. The average molecular weight is 810 g/mol. The molecule has 0 aromatic carbocycles. The molecule has 4 N–H and O–H groups in total. The fourth-order valence-electron chi connectivity index (χ4n) is 5.34. The molecule has 0 amide bonds. The number of nitrogens with two attached hydrogens (primary N) is 1. The number of phosphoric acid groups is 1. The van der Waals surface area contributed by atoms with Crippen molar-refractivity contribution in [2.75, 3.05) is 19.8 Å². The number of rotatable bonds is 39. The molecule has 12 heteroatoms. The van der Waals surface area contributed by atoms with Gasteiger partial charge in [0.15, 0.2) is 6.10 Å². The van der Waals surface area contributed by atoms with E-state index in [1.165, 1.54) is 57.8 Å². The Morgan fingerprint density at radius 3 is 1.52 bits per heavy atom.